The molecule has 18 heteroatoms. The predicted molar refractivity (Wildman–Crippen MR) is 207 cm³/mol. The van der Waals surface area contributed by atoms with Crippen LogP contribution in [-0.4, -0.2) is 107 Å². The van der Waals surface area contributed by atoms with Gasteiger partial charge in [0.15, 0.2) is 0 Å². The molecular formula is C37H44N8O8S2. The molecule has 4 aromatic rings. The lowest BCUT2D eigenvalue weighted by molar-refractivity contribution is -0.384. The van der Waals surface area contributed by atoms with Crippen LogP contribution in [0.2, 0.25) is 0 Å². The number of rotatable bonds is 11. The summed E-state index contributed by atoms with van der Waals surface area (Å²) in [5, 5.41) is 15.7. The third kappa shape index (κ3) is 8.23. The minimum Gasteiger partial charge on any atom is -0.616 e. The molecule has 3 aromatic heterocycles. The molecule has 55 heavy (non-hydrogen) atoms. The monoisotopic (exact) mass is 792 g/mol. The molecule has 4 aliphatic rings. The molecule has 1 saturated carbocycles. The van der Waals surface area contributed by atoms with E-state index >= 15 is 0 Å². The zero-order valence-corrected chi connectivity index (χ0v) is 31.9. The number of hydrogen-bond donors (Lipinski definition) is 3. The van der Waals surface area contributed by atoms with E-state index in [1.165, 1.54) is 25.1 Å². The van der Waals surface area contributed by atoms with Gasteiger partial charge < -0.3 is 29.2 Å². The van der Waals surface area contributed by atoms with Gasteiger partial charge in [-0.2, -0.15) is 0 Å². The minimum atomic E-state index is -4.61. The number of nitrogens with one attached hydrogen (secondary N) is 3. The van der Waals surface area contributed by atoms with Gasteiger partial charge in [-0.25, -0.2) is 23.1 Å². The Morgan fingerprint density at radius 2 is 1.82 bits per heavy atom. The van der Waals surface area contributed by atoms with Crippen LogP contribution in [0.25, 0.3) is 11.0 Å². The number of carbonyl (C=O) groups is 1. The number of nitrogens with zero attached hydrogens (tertiary/aromatic N) is 5. The smallest absolute Gasteiger partial charge is 0.312 e. The van der Waals surface area contributed by atoms with Gasteiger partial charge in [0, 0.05) is 68.2 Å². The standard InChI is InChI=1S/C37H44N8O8S2/c46-36(42-55(50,51)30-19-32(45(47)48)35(41-24-30)39-22-25-4-15-54(49)16-5-25)31-2-1-27(18-33(31)53-29-17-26-3-8-38-34(26)40-23-29)43-9-6-37(7-10-43)20-28(21-37)44-11-13-52-14-12-44/h1-3,8,17-19,23-25,28H,4-7,9-16,20-22H2,(H,38,40)(H,39,41)(H,42,46). The molecule has 1 amide bonds. The lowest BCUT2D eigenvalue weighted by Gasteiger charge is -2.56. The topological polar surface area (TPSA) is 208 Å². The Kier molecular flexibility index (Phi) is 10.6. The molecule has 0 radical (unpaired) electrons. The van der Waals surface area contributed by atoms with E-state index in [-0.39, 0.29) is 23.0 Å². The van der Waals surface area contributed by atoms with Gasteiger partial charge in [-0.1, -0.05) is 11.2 Å². The molecule has 0 bridgehead atoms. The van der Waals surface area contributed by atoms with Gasteiger partial charge in [-0.15, -0.1) is 0 Å². The summed E-state index contributed by atoms with van der Waals surface area (Å²) in [5.74, 6) is 0.732. The van der Waals surface area contributed by atoms with Crippen LogP contribution in [0.3, 0.4) is 0 Å². The molecule has 1 aliphatic carbocycles. The Labute approximate surface area is 321 Å². The van der Waals surface area contributed by atoms with E-state index in [1.54, 1.807) is 24.4 Å². The van der Waals surface area contributed by atoms with Gasteiger partial charge >= 0.3 is 5.69 Å². The van der Waals surface area contributed by atoms with Gasteiger partial charge in [0.2, 0.25) is 5.82 Å². The first kappa shape index (κ1) is 37.4. The fraction of sp³-hybridized carbons (Fsp3) is 0.486. The van der Waals surface area contributed by atoms with E-state index in [0.717, 1.165) is 75.6 Å². The number of nitro groups is 1. The Morgan fingerprint density at radius 1 is 1.05 bits per heavy atom. The summed E-state index contributed by atoms with van der Waals surface area (Å²) < 4.78 is 52.7. The van der Waals surface area contributed by atoms with Gasteiger partial charge in [0.25, 0.3) is 15.9 Å². The summed E-state index contributed by atoms with van der Waals surface area (Å²) in [7, 11) is -4.61. The van der Waals surface area contributed by atoms with Crippen molar-refractivity contribution in [3.8, 4) is 11.5 Å². The fourth-order valence-electron chi connectivity index (χ4n) is 8.25. The van der Waals surface area contributed by atoms with Gasteiger partial charge in [-0.3, -0.25) is 19.8 Å². The fourth-order valence-corrected chi connectivity index (χ4v) is 10.6. The van der Waals surface area contributed by atoms with Crippen molar-refractivity contribution in [1.82, 2.24) is 24.6 Å². The van der Waals surface area contributed by atoms with Gasteiger partial charge in [-0.05, 0) is 74.1 Å². The Balaban J connectivity index is 0.991. The highest BCUT2D eigenvalue weighted by molar-refractivity contribution is 7.91. The summed E-state index contributed by atoms with van der Waals surface area (Å²) in [5.41, 5.74) is 1.25. The minimum absolute atomic E-state index is 0.0449. The Hall–Kier alpha value is -4.49. The van der Waals surface area contributed by atoms with Crippen LogP contribution >= 0.6 is 0 Å². The summed E-state index contributed by atoms with van der Waals surface area (Å²) in [6.45, 7) is 5.64. The zero-order valence-electron chi connectivity index (χ0n) is 30.3. The summed E-state index contributed by atoms with van der Waals surface area (Å²) in [6.07, 6.45) is 10.2. The van der Waals surface area contributed by atoms with Crippen LogP contribution in [0, 0.1) is 21.4 Å². The van der Waals surface area contributed by atoms with E-state index in [1.807, 2.05) is 6.07 Å². The highest BCUT2D eigenvalue weighted by Gasteiger charge is 2.48. The molecule has 3 saturated heterocycles. The molecule has 292 valence electrons. The first-order valence-corrected chi connectivity index (χ1v) is 21.6. The molecule has 1 spiro atoms. The van der Waals surface area contributed by atoms with Gasteiger partial charge in [0.1, 0.15) is 33.5 Å². The maximum atomic E-state index is 13.8. The molecule has 3 N–H and O–H groups in total. The van der Waals surface area contributed by atoms with Crippen molar-refractivity contribution in [3.05, 3.63) is 70.7 Å². The van der Waals surface area contributed by atoms with E-state index in [2.05, 4.69) is 34.8 Å². The van der Waals surface area contributed by atoms with Crippen LogP contribution in [0.1, 0.15) is 48.9 Å². The average molecular weight is 793 g/mol. The second-order valence-corrected chi connectivity index (χ2v) is 18.3. The number of anilines is 2. The number of pyridine rings is 2. The molecule has 0 unspecified atom stereocenters. The molecule has 1 aromatic carbocycles. The maximum absolute atomic E-state index is 13.8. The molecule has 4 fully saturated rings. The normalized spacial score (nSPS) is 21.9. The van der Waals surface area contributed by atoms with Crippen LogP contribution in [0.5, 0.6) is 11.5 Å². The number of aromatic nitrogens is 3. The van der Waals surface area contributed by atoms with Crippen molar-refractivity contribution in [2.24, 2.45) is 11.3 Å². The number of piperidine rings is 1. The second kappa shape index (κ2) is 15.6. The second-order valence-electron chi connectivity index (χ2n) is 15.0. The van der Waals surface area contributed by atoms with Crippen molar-refractivity contribution in [2.75, 3.05) is 67.7 Å². The lowest BCUT2D eigenvalue weighted by Crippen LogP contribution is -2.57. The first-order chi connectivity index (χ1) is 26.5. The molecule has 3 aliphatic heterocycles. The van der Waals surface area contributed by atoms with Crippen molar-refractivity contribution < 1.29 is 32.2 Å². The number of aromatic amines is 1. The number of carbonyl (C=O) groups excluding carboxylic acids is 1. The van der Waals surface area contributed by atoms with Crippen molar-refractivity contribution >= 4 is 55.3 Å². The first-order valence-electron chi connectivity index (χ1n) is 18.7. The van der Waals surface area contributed by atoms with Crippen LogP contribution < -0.4 is 19.7 Å². The average Bonchev–Trinajstić information content (AvgIpc) is 3.65. The molecule has 6 heterocycles. The number of ether oxygens (including phenoxy) is 2. The number of hydrogen-bond acceptors (Lipinski definition) is 13. The number of amides is 1. The van der Waals surface area contributed by atoms with Crippen LogP contribution in [0.15, 0.2) is 59.9 Å². The molecule has 16 nitrogen and oxygen atoms in total. The lowest BCUT2D eigenvalue weighted by atomic mass is 9.60. The number of benzene rings is 1. The number of fused-ring (bicyclic) bond motifs is 1. The summed E-state index contributed by atoms with van der Waals surface area (Å²) in [4.78, 5) is 40.8. The number of sulfonamides is 1. The largest absolute Gasteiger partial charge is 0.616 e. The number of H-pyrrole nitrogens is 1. The van der Waals surface area contributed by atoms with Crippen molar-refractivity contribution in [3.63, 3.8) is 0 Å². The molecular weight excluding hydrogens is 749 g/mol. The Morgan fingerprint density at radius 3 is 2.56 bits per heavy atom. The third-order valence-corrected chi connectivity index (χ3v) is 14.2. The SMILES string of the molecule is O=C(NS(=O)(=O)c1cnc(NCC2CC[S+]([O-])CC2)c([N+](=O)[O-])c1)c1ccc(N2CCC3(CC2)CC(N2CCOCC2)C3)cc1Oc1cnc2[nH]ccc2c1. The van der Waals surface area contributed by atoms with Crippen molar-refractivity contribution in [1.29, 1.82) is 0 Å². The number of morpholine rings is 1. The van der Waals surface area contributed by atoms with E-state index in [4.69, 9.17) is 9.47 Å². The molecule has 0 atom stereocenters. The van der Waals surface area contributed by atoms with Crippen LogP contribution in [-0.2, 0) is 25.9 Å². The maximum Gasteiger partial charge on any atom is 0.312 e. The van der Waals surface area contributed by atoms with Gasteiger partial charge in [0.05, 0.1) is 36.1 Å². The summed E-state index contributed by atoms with van der Waals surface area (Å²) >= 11 is -0.845. The zero-order chi connectivity index (χ0) is 38.2. The molecule has 8 rings (SSSR count). The van der Waals surface area contributed by atoms with E-state index in [9.17, 15) is 27.9 Å². The third-order valence-electron chi connectivity index (χ3n) is 11.5. The summed E-state index contributed by atoms with van der Waals surface area (Å²) in [6, 6.07) is 10.2. The predicted octanol–water partition coefficient (Wildman–Crippen LogP) is 4.43. The van der Waals surface area contributed by atoms with Crippen LogP contribution in [0.4, 0.5) is 17.2 Å². The highest BCUT2D eigenvalue weighted by Crippen LogP contribution is 2.51. The quantitative estimate of drug-likeness (QED) is 0.109. The van der Waals surface area contributed by atoms with Crippen molar-refractivity contribution in [2.45, 2.75) is 49.5 Å². The van der Waals surface area contributed by atoms with E-state index in [0.29, 0.717) is 53.7 Å². The Bertz CT molecular complexity index is 2150. The highest BCUT2D eigenvalue weighted by atomic mass is 32.2. The van der Waals surface area contributed by atoms with E-state index < -0.39 is 42.6 Å².